The standard InChI is InChI=1S/C14H14O2P2S2.C5H5N/c1-15-11-3-7-13(8-4-11)17-19-18(20-17)14-9-5-12(16-2)6-10-14;1-2-4-6-5-3-1/h3-10H,1-2H3;1-5H. The third-order valence-corrected chi connectivity index (χ3v) is 22.3. The number of nitrogens with zero attached hydrogens (tertiary/aromatic N) is 1. The normalized spacial score (nSPS) is 18.1. The van der Waals surface area contributed by atoms with E-state index in [0.29, 0.717) is 0 Å². The molecule has 0 bridgehead atoms. The highest BCUT2D eigenvalue weighted by Crippen LogP contribution is 2.95. The van der Waals surface area contributed by atoms with E-state index in [4.69, 9.17) is 9.47 Å². The maximum atomic E-state index is 5.20. The zero-order valence-electron chi connectivity index (χ0n) is 14.5. The van der Waals surface area contributed by atoms with Crippen LogP contribution < -0.4 is 20.1 Å². The highest BCUT2D eigenvalue weighted by atomic mass is 33.6. The fourth-order valence-corrected chi connectivity index (χ4v) is 18.3. The number of hydrogen-bond donors (Lipinski definition) is 0. The minimum atomic E-state index is -0.109. The smallest absolute Gasteiger partial charge is 0.118 e. The summed E-state index contributed by atoms with van der Waals surface area (Å²) >= 11 is 4.24. The number of pyridine rings is 1. The largest absolute Gasteiger partial charge is 0.497 e. The lowest BCUT2D eigenvalue weighted by Gasteiger charge is -2.33. The van der Waals surface area contributed by atoms with Gasteiger partial charge in [-0.1, -0.05) is 28.1 Å². The topological polar surface area (TPSA) is 31.4 Å². The molecule has 0 spiro atoms. The van der Waals surface area contributed by atoms with E-state index in [0.717, 1.165) is 11.5 Å². The van der Waals surface area contributed by atoms with Crippen LogP contribution in [-0.2, 0) is 0 Å². The lowest BCUT2D eigenvalue weighted by Crippen LogP contribution is -2.03. The van der Waals surface area contributed by atoms with Crippen molar-refractivity contribution in [1.29, 1.82) is 0 Å². The Kier molecular flexibility index (Phi) is 7.64. The second kappa shape index (κ2) is 10.2. The zero-order valence-corrected chi connectivity index (χ0v) is 17.9. The van der Waals surface area contributed by atoms with Crippen LogP contribution in [0, 0.1) is 0 Å². The second-order valence-electron chi connectivity index (χ2n) is 5.10. The van der Waals surface area contributed by atoms with Crippen molar-refractivity contribution in [3.8, 4) is 11.5 Å². The molecule has 0 amide bonds. The molecule has 1 fully saturated rings. The predicted octanol–water partition coefficient (Wildman–Crippen LogP) is 5.84. The first kappa shape index (κ1) is 19.5. The molecule has 4 rings (SSSR count). The molecular weight excluding hydrogens is 400 g/mol. The van der Waals surface area contributed by atoms with Crippen molar-refractivity contribution in [2.45, 2.75) is 0 Å². The third-order valence-electron chi connectivity index (χ3n) is 3.43. The van der Waals surface area contributed by atoms with Crippen molar-refractivity contribution in [3.63, 3.8) is 0 Å². The molecule has 2 aromatic carbocycles. The van der Waals surface area contributed by atoms with Crippen LogP contribution in [0.4, 0.5) is 0 Å². The highest BCUT2D eigenvalue weighted by molar-refractivity contribution is 9.37. The summed E-state index contributed by atoms with van der Waals surface area (Å²) in [7, 11) is 3.41. The Morgan fingerprint density at radius 1 is 0.654 bits per heavy atom. The molecule has 0 atom stereocenters. The van der Waals surface area contributed by atoms with Gasteiger partial charge in [0.15, 0.2) is 0 Å². The Labute approximate surface area is 164 Å². The van der Waals surface area contributed by atoms with Crippen molar-refractivity contribution in [2.75, 3.05) is 14.2 Å². The monoisotopic (exact) mass is 419 g/mol. The fraction of sp³-hybridized carbons (Fsp3) is 0.105. The van der Waals surface area contributed by atoms with Gasteiger partial charge in [0.25, 0.3) is 0 Å². The van der Waals surface area contributed by atoms with E-state index in [1.807, 2.05) is 42.5 Å². The Bertz CT molecular complexity index is 705. The van der Waals surface area contributed by atoms with Crippen LogP contribution in [0.1, 0.15) is 0 Å². The first-order chi connectivity index (χ1) is 12.8. The van der Waals surface area contributed by atoms with Gasteiger partial charge in [-0.05, 0) is 71.3 Å². The van der Waals surface area contributed by atoms with Crippen molar-refractivity contribution in [2.24, 2.45) is 0 Å². The van der Waals surface area contributed by atoms with E-state index < -0.39 is 0 Å². The summed E-state index contributed by atoms with van der Waals surface area (Å²) in [5, 5.41) is 2.87. The minimum Gasteiger partial charge on any atom is -0.497 e. The van der Waals surface area contributed by atoms with E-state index >= 15 is 0 Å². The molecule has 7 heteroatoms. The molecule has 0 N–H and O–H groups in total. The Balaban J connectivity index is 0.000000278. The molecule has 0 saturated carbocycles. The molecule has 1 aliphatic rings. The van der Waals surface area contributed by atoms with Crippen LogP contribution in [0.25, 0.3) is 0 Å². The molecular formula is C19H19NO2P2S2. The van der Waals surface area contributed by atoms with Gasteiger partial charge in [-0.3, -0.25) is 4.98 Å². The number of rotatable bonds is 4. The number of ether oxygens (including phenoxy) is 2. The zero-order chi connectivity index (χ0) is 18.2. The molecule has 0 aliphatic carbocycles. The van der Waals surface area contributed by atoms with E-state index in [1.165, 1.54) is 10.6 Å². The number of aromatic nitrogens is 1. The summed E-state index contributed by atoms with van der Waals surface area (Å²) in [6.07, 6.45) is 3.28. The van der Waals surface area contributed by atoms with Crippen LogP contribution in [0.5, 0.6) is 11.5 Å². The van der Waals surface area contributed by atoms with E-state index in [9.17, 15) is 0 Å². The molecule has 0 unspecified atom stereocenters. The molecule has 2 heterocycles. The maximum Gasteiger partial charge on any atom is 0.118 e. The van der Waals surface area contributed by atoms with Crippen LogP contribution >= 0.6 is 34.7 Å². The molecule has 134 valence electrons. The highest BCUT2D eigenvalue weighted by Gasteiger charge is 2.33. The van der Waals surface area contributed by atoms with Gasteiger partial charge in [0.1, 0.15) is 11.5 Å². The Hall–Kier alpha value is -1.25. The van der Waals surface area contributed by atoms with E-state index in [2.05, 4.69) is 51.3 Å². The number of benzene rings is 2. The van der Waals surface area contributed by atoms with E-state index in [1.54, 1.807) is 26.6 Å². The average molecular weight is 419 g/mol. The SMILES string of the molecule is COc1ccc(P2SP(c3ccc(OC)cc3)S2)cc1.c1ccncc1. The molecule has 0 radical (unpaired) electrons. The lowest BCUT2D eigenvalue weighted by molar-refractivity contribution is 0.415. The van der Waals surface area contributed by atoms with Crippen LogP contribution in [0.3, 0.4) is 0 Å². The summed E-state index contributed by atoms with van der Waals surface area (Å²) in [6, 6.07) is 22.7. The molecule has 3 nitrogen and oxygen atoms in total. The van der Waals surface area contributed by atoms with Crippen molar-refractivity contribution >= 4 is 45.3 Å². The van der Waals surface area contributed by atoms with Gasteiger partial charge in [0.05, 0.1) is 26.9 Å². The minimum absolute atomic E-state index is 0.109. The molecule has 1 saturated heterocycles. The Morgan fingerprint density at radius 2 is 1.08 bits per heavy atom. The summed E-state index contributed by atoms with van der Waals surface area (Å²) in [6.45, 7) is 0. The second-order valence-corrected chi connectivity index (χ2v) is 17.2. The summed E-state index contributed by atoms with van der Waals surface area (Å²) in [5.74, 6) is 1.85. The van der Waals surface area contributed by atoms with Crippen molar-refractivity contribution in [3.05, 3.63) is 79.1 Å². The van der Waals surface area contributed by atoms with Gasteiger partial charge in [-0.2, -0.15) is 0 Å². The predicted molar refractivity (Wildman–Crippen MR) is 119 cm³/mol. The molecule has 26 heavy (non-hydrogen) atoms. The van der Waals surface area contributed by atoms with Crippen molar-refractivity contribution < 1.29 is 9.47 Å². The number of methoxy groups -OCH3 is 2. The quantitative estimate of drug-likeness (QED) is 0.496. The summed E-state index contributed by atoms with van der Waals surface area (Å²) < 4.78 is 10.4. The van der Waals surface area contributed by atoms with Crippen LogP contribution in [-0.4, -0.2) is 19.2 Å². The van der Waals surface area contributed by atoms with Gasteiger partial charge in [-0.15, -0.1) is 0 Å². The van der Waals surface area contributed by atoms with Gasteiger partial charge < -0.3 is 9.47 Å². The Morgan fingerprint density at radius 3 is 1.35 bits per heavy atom. The van der Waals surface area contributed by atoms with Gasteiger partial charge in [0.2, 0.25) is 0 Å². The van der Waals surface area contributed by atoms with Crippen molar-refractivity contribution in [1.82, 2.24) is 4.98 Å². The maximum absolute atomic E-state index is 5.20. The molecule has 3 aromatic rings. The molecule has 1 aromatic heterocycles. The molecule has 1 aliphatic heterocycles. The lowest BCUT2D eigenvalue weighted by atomic mass is 10.3. The average Bonchev–Trinajstić information content (AvgIpc) is 2.70. The first-order valence-corrected chi connectivity index (χ1v) is 14.6. The fourth-order valence-electron chi connectivity index (χ4n) is 2.05. The first-order valence-electron chi connectivity index (χ1n) is 7.89. The number of hydrogen-bond acceptors (Lipinski definition) is 5. The van der Waals surface area contributed by atoms with Crippen LogP contribution in [0.15, 0.2) is 79.1 Å². The van der Waals surface area contributed by atoms with Crippen LogP contribution in [0.2, 0.25) is 0 Å². The third kappa shape index (κ3) is 5.37. The summed E-state index contributed by atoms with van der Waals surface area (Å²) in [5.41, 5.74) is 0. The van der Waals surface area contributed by atoms with E-state index in [-0.39, 0.29) is 12.7 Å². The van der Waals surface area contributed by atoms with Gasteiger partial charge >= 0.3 is 0 Å². The summed E-state index contributed by atoms with van der Waals surface area (Å²) in [4.78, 5) is 3.78. The van der Waals surface area contributed by atoms with Gasteiger partial charge in [-0.25, -0.2) is 0 Å². The van der Waals surface area contributed by atoms with Gasteiger partial charge in [0, 0.05) is 12.4 Å².